The number of aromatic nitrogens is 1. The van der Waals surface area contributed by atoms with Crippen LogP contribution in [0.15, 0.2) is 85.1 Å². The number of aryl methyl sites for hydroxylation is 2. The molecule has 1 aliphatic heterocycles. The summed E-state index contributed by atoms with van der Waals surface area (Å²) in [5.41, 5.74) is 5.11. The van der Waals surface area contributed by atoms with Gasteiger partial charge < -0.3 is 14.2 Å². The van der Waals surface area contributed by atoms with E-state index in [-0.39, 0.29) is 11.3 Å². The molecule has 204 valence electrons. The van der Waals surface area contributed by atoms with Gasteiger partial charge in [0.25, 0.3) is 0 Å². The van der Waals surface area contributed by atoms with E-state index in [0.717, 1.165) is 50.2 Å². The molecule has 0 unspecified atom stereocenters. The first kappa shape index (κ1) is 27.0. The molecule has 4 aromatic rings. The first-order chi connectivity index (χ1) is 19.0. The fourth-order valence-corrected chi connectivity index (χ4v) is 6.00. The summed E-state index contributed by atoms with van der Waals surface area (Å²) >= 11 is 0. The number of hydrogen-bond acceptors (Lipinski definition) is 3. The van der Waals surface area contributed by atoms with Gasteiger partial charge in [0.15, 0.2) is 0 Å². The van der Waals surface area contributed by atoms with Crippen molar-refractivity contribution < 1.29 is 9.53 Å². The van der Waals surface area contributed by atoms with Crippen LogP contribution in [-0.2, 0) is 31.4 Å². The van der Waals surface area contributed by atoms with E-state index >= 15 is 0 Å². The number of carbonyl (C=O) groups excluding carboxylic acids is 1. The Kier molecular flexibility index (Phi) is 8.37. The summed E-state index contributed by atoms with van der Waals surface area (Å²) in [4.78, 5) is 17.9. The lowest BCUT2D eigenvalue weighted by molar-refractivity contribution is -0.134. The summed E-state index contributed by atoms with van der Waals surface area (Å²) < 4.78 is 8.58. The molecule has 0 bridgehead atoms. The van der Waals surface area contributed by atoms with E-state index in [1.165, 1.54) is 22.0 Å². The summed E-state index contributed by atoms with van der Waals surface area (Å²) in [6, 6.07) is 26.9. The van der Waals surface area contributed by atoms with Crippen LogP contribution in [0.1, 0.15) is 42.9 Å². The summed E-state index contributed by atoms with van der Waals surface area (Å²) in [6.07, 6.45) is 5.72. The van der Waals surface area contributed by atoms with Crippen molar-refractivity contribution in [2.45, 2.75) is 45.7 Å². The maximum Gasteiger partial charge on any atom is 0.223 e. The first-order valence-corrected chi connectivity index (χ1v) is 14.2. The van der Waals surface area contributed by atoms with Gasteiger partial charge in [0.05, 0.1) is 12.1 Å². The molecule has 0 radical (unpaired) electrons. The highest BCUT2D eigenvalue weighted by Crippen LogP contribution is 2.37. The van der Waals surface area contributed by atoms with Crippen molar-refractivity contribution in [2.24, 2.45) is 12.5 Å². The Morgan fingerprint density at radius 3 is 2.31 bits per heavy atom. The molecule has 0 N–H and O–H groups in total. The van der Waals surface area contributed by atoms with Crippen molar-refractivity contribution in [1.82, 2.24) is 14.4 Å². The topological polar surface area (TPSA) is 37.7 Å². The van der Waals surface area contributed by atoms with Crippen molar-refractivity contribution in [3.63, 3.8) is 0 Å². The third-order valence-corrected chi connectivity index (χ3v) is 8.36. The normalized spacial score (nSPS) is 15.4. The Morgan fingerprint density at radius 1 is 0.923 bits per heavy atom. The summed E-state index contributed by atoms with van der Waals surface area (Å²) in [5, 5.41) is 1.36. The van der Waals surface area contributed by atoms with Crippen LogP contribution in [0.25, 0.3) is 10.9 Å². The number of carbonyl (C=O) groups is 1. The molecule has 5 heteroatoms. The maximum atomic E-state index is 13.5. The van der Waals surface area contributed by atoms with Crippen molar-refractivity contribution in [3.8, 4) is 5.75 Å². The van der Waals surface area contributed by atoms with E-state index in [4.69, 9.17) is 4.74 Å². The number of amides is 1. The third kappa shape index (κ3) is 6.36. The van der Waals surface area contributed by atoms with E-state index in [1.54, 1.807) is 0 Å². The Morgan fingerprint density at radius 2 is 1.62 bits per heavy atom. The minimum atomic E-state index is -0.178. The Hall–Kier alpha value is -3.57. The fraction of sp³-hybridized carbons (Fsp3) is 0.382. The molecule has 0 spiro atoms. The summed E-state index contributed by atoms with van der Waals surface area (Å²) in [7, 11) is 4.08. The molecule has 0 aliphatic carbocycles. The van der Waals surface area contributed by atoms with Gasteiger partial charge in [-0.1, -0.05) is 73.7 Å². The van der Waals surface area contributed by atoms with E-state index in [0.29, 0.717) is 19.6 Å². The summed E-state index contributed by atoms with van der Waals surface area (Å²) in [6.45, 7) is 6.26. The number of nitrogens with zero attached hydrogens (tertiary/aromatic N) is 3. The average Bonchev–Trinajstić information content (AvgIpc) is 3.29. The third-order valence-electron chi connectivity index (χ3n) is 8.36. The molecule has 2 heterocycles. The molecular formula is C34H41N3O2. The monoisotopic (exact) mass is 523 g/mol. The lowest BCUT2D eigenvalue weighted by Gasteiger charge is -2.42. The molecule has 1 aliphatic rings. The van der Waals surface area contributed by atoms with Gasteiger partial charge in [-0.05, 0) is 61.2 Å². The van der Waals surface area contributed by atoms with Crippen LogP contribution in [0, 0.1) is 5.41 Å². The molecule has 5 rings (SSSR count). The number of rotatable bonds is 10. The molecule has 1 saturated heterocycles. The van der Waals surface area contributed by atoms with E-state index in [1.807, 2.05) is 60.5 Å². The molecule has 1 fully saturated rings. The predicted octanol–water partition coefficient (Wildman–Crippen LogP) is 6.45. The molecular weight excluding hydrogens is 482 g/mol. The van der Waals surface area contributed by atoms with Gasteiger partial charge in [0.2, 0.25) is 5.91 Å². The number of hydrogen-bond donors (Lipinski definition) is 0. The van der Waals surface area contributed by atoms with Crippen LogP contribution in [0.3, 0.4) is 0 Å². The van der Waals surface area contributed by atoms with Crippen LogP contribution in [-0.4, -0.2) is 47.0 Å². The number of benzene rings is 3. The number of likely N-dealkylation sites (tertiary alicyclic amines) is 1. The van der Waals surface area contributed by atoms with Gasteiger partial charge in [-0.3, -0.25) is 9.69 Å². The van der Waals surface area contributed by atoms with E-state index in [9.17, 15) is 4.79 Å². The van der Waals surface area contributed by atoms with Crippen LogP contribution in [0.2, 0.25) is 0 Å². The van der Waals surface area contributed by atoms with Gasteiger partial charge in [0, 0.05) is 50.6 Å². The van der Waals surface area contributed by atoms with Crippen LogP contribution in [0.4, 0.5) is 0 Å². The predicted molar refractivity (Wildman–Crippen MR) is 159 cm³/mol. The van der Waals surface area contributed by atoms with Gasteiger partial charge in [0.1, 0.15) is 5.75 Å². The molecule has 0 atom stereocenters. The zero-order valence-electron chi connectivity index (χ0n) is 23.6. The highest BCUT2D eigenvalue weighted by Gasteiger charge is 2.38. The van der Waals surface area contributed by atoms with E-state index in [2.05, 4.69) is 60.0 Å². The summed E-state index contributed by atoms with van der Waals surface area (Å²) in [5.74, 6) is 1.05. The fourth-order valence-electron chi connectivity index (χ4n) is 6.00. The average molecular weight is 524 g/mol. The second-order valence-electron chi connectivity index (χ2n) is 11.2. The molecule has 1 amide bonds. The minimum absolute atomic E-state index is 0.178. The van der Waals surface area contributed by atoms with Crippen LogP contribution in [0.5, 0.6) is 5.75 Å². The lowest BCUT2D eigenvalue weighted by Crippen LogP contribution is -2.45. The number of fused-ring (bicyclic) bond motifs is 1. The van der Waals surface area contributed by atoms with Gasteiger partial charge in [-0.2, -0.15) is 0 Å². The van der Waals surface area contributed by atoms with Crippen molar-refractivity contribution in [3.05, 3.63) is 102 Å². The zero-order valence-corrected chi connectivity index (χ0v) is 23.6. The van der Waals surface area contributed by atoms with E-state index < -0.39 is 0 Å². The molecule has 1 aromatic heterocycles. The zero-order chi connectivity index (χ0) is 27.2. The number of ether oxygens (including phenoxy) is 1. The first-order valence-electron chi connectivity index (χ1n) is 14.2. The highest BCUT2D eigenvalue weighted by atomic mass is 16.5. The van der Waals surface area contributed by atoms with Crippen molar-refractivity contribution >= 4 is 16.8 Å². The SMILES string of the molecule is CCc1cccc2c(CN3CCC(COc4ccccc4)(CC(=O)N(C)Cc4ccccc4)CC3)cn(C)c12. The van der Waals surface area contributed by atoms with Gasteiger partial charge in [-0.15, -0.1) is 0 Å². The Bertz CT molecular complexity index is 1370. The second-order valence-corrected chi connectivity index (χ2v) is 11.2. The molecule has 3 aromatic carbocycles. The Balaban J connectivity index is 1.28. The quantitative estimate of drug-likeness (QED) is 0.240. The Labute approximate surface area is 233 Å². The van der Waals surface area contributed by atoms with Crippen LogP contribution < -0.4 is 4.74 Å². The van der Waals surface area contributed by atoms with Gasteiger partial charge in [-0.25, -0.2) is 0 Å². The second kappa shape index (κ2) is 12.1. The minimum Gasteiger partial charge on any atom is -0.493 e. The van der Waals surface area contributed by atoms with Crippen LogP contribution >= 0.6 is 0 Å². The van der Waals surface area contributed by atoms with Crippen molar-refractivity contribution in [1.29, 1.82) is 0 Å². The molecule has 5 nitrogen and oxygen atoms in total. The van der Waals surface area contributed by atoms with Gasteiger partial charge >= 0.3 is 0 Å². The largest absolute Gasteiger partial charge is 0.493 e. The molecule has 0 saturated carbocycles. The standard InChI is InChI=1S/C34H41N3O2/c1-4-28-14-11-17-31-29(24-36(3)33(28)31)25-37-20-18-34(19-21-37,26-39-30-15-9-6-10-16-30)22-32(38)35(2)23-27-12-7-5-8-13-27/h5-17,24H,4,18-23,25-26H2,1-3H3. The molecule has 39 heavy (non-hydrogen) atoms. The smallest absolute Gasteiger partial charge is 0.223 e. The maximum absolute atomic E-state index is 13.5. The van der Waals surface area contributed by atoms with Crippen molar-refractivity contribution in [2.75, 3.05) is 26.7 Å². The number of piperidine rings is 1. The lowest BCUT2D eigenvalue weighted by atomic mass is 9.75. The number of para-hydroxylation sites is 2. The highest BCUT2D eigenvalue weighted by molar-refractivity contribution is 5.86.